The molecule has 5 heteroatoms. The Bertz CT molecular complexity index is 723. The second-order valence-corrected chi connectivity index (χ2v) is 7.20. The van der Waals surface area contributed by atoms with Gasteiger partial charge in [0, 0.05) is 0 Å². The van der Waals surface area contributed by atoms with Crippen molar-refractivity contribution in [2.45, 2.75) is 58.8 Å². The molecule has 0 heterocycles. The van der Waals surface area contributed by atoms with Crippen LogP contribution >= 0.6 is 0 Å². The van der Waals surface area contributed by atoms with E-state index in [9.17, 15) is 22.0 Å². The molecule has 0 saturated carbocycles. The average Bonchev–Trinajstić information content (AvgIpc) is 2.58. The lowest BCUT2D eigenvalue weighted by Gasteiger charge is -2.13. The van der Waals surface area contributed by atoms with Gasteiger partial charge in [-0.1, -0.05) is 52.4 Å². The predicted octanol–water partition coefficient (Wildman–Crippen LogP) is 7.59. The van der Waals surface area contributed by atoms with Gasteiger partial charge in [-0.3, -0.25) is 0 Å². The molecule has 0 N–H and O–H groups in total. The van der Waals surface area contributed by atoms with Crippen LogP contribution in [0, 0.1) is 35.0 Å². The van der Waals surface area contributed by atoms with Gasteiger partial charge >= 0.3 is 0 Å². The van der Waals surface area contributed by atoms with Crippen LogP contribution in [0.1, 0.15) is 57.9 Å². The minimum absolute atomic E-state index is 0.275. The van der Waals surface area contributed by atoms with Crippen molar-refractivity contribution in [1.29, 1.82) is 0 Å². The maximum Gasteiger partial charge on any atom is 0.194 e. The molecule has 0 spiro atoms. The van der Waals surface area contributed by atoms with Crippen LogP contribution in [0.15, 0.2) is 24.3 Å². The second kappa shape index (κ2) is 9.86. The summed E-state index contributed by atoms with van der Waals surface area (Å²) in [5, 5.41) is 0. The third-order valence-corrected chi connectivity index (χ3v) is 4.76. The van der Waals surface area contributed by atoms with Crippen molar-refractivity contribution in [1.82, 2.24) is 0 Å². The van der Waals surface area contributed by atoms with E-state index in [-0.39, 0.29) is 11.5 Å². The Labute approximate surface area is 157 Å². The standard InChI is InChI=1S/C22H25F5/c1-3-4-5-6-7-8-14(2)9-15-10-17(23)21(18(24)11-15)16-12-19(25)22(27)20(26)13-16/h10-14H,3-9H2,1-2H3. The zero-order chi connectivity index (χ0) is 20.0. The highest BCUT2D eigenvalue weighted by atomic mass is 19.2. The molecule has 0 amide bonds. The molecule has 27 heavy (non-hydrogen) atoms. The summed E-state index contributed by atoms with van der Waals surface area (Å²) in [6, 6.07) is 3.56. The molecule has 0 aliphatic carbocycles. The number of hydrogen-bond donors (Lipinski definition) is 0. The molecule has 2 aromatic rings. The van der Waals surface area contributed by atoms with Crippen LogP contribution in [0.3, 0.4) is 0 Å². The number of hydrogen-bond acceptors (Lipinski definition) is 0. The Morgan fingerprint density at radius 2 is 1.30 bits per heavy atom. The summed E-state index contributed by atoms with van der Waals surface area (Å²) < 4.78 is 68.7. The lowest BCUT2D eigenvalue weighted by Crippen LogP contribution is -2.03. The van der Waals surface area contributed by atoms with E-state index in [1.54, 1.807) is 0 Å². The van der Waals surface area contributed by atoms with E-state index in [2.05, 4.69) is 6.92 Å². The minimum atomic E-state index is -1.66. The van der Waals surface area contributed by atoms with Gasteiger partial charge in [0.2, 0.25) is 0 Å². The SMILES string of the molecule is CCCCCCCC(C)Cc1cc(F)c(-c2cc(F)c(F)c(F)c2)c(F)c1. The van der Waals surface area contributed by atoms with Crippen molar-refractivity contribution in [2.24, 2.45) is 5.92 Å². The van der Waals surface area contributed by atoms with Gasteiger partial charge < -0.3 is 0 Å². The van der Waals surface area contributed by atoms with Crippen LogP contribution in [0.4, 0.5) is 22.0 Å². The highest BCUT2D eigenvalue weighted by Crippen LogP contribution is 2.30. The van der Waals surface area contributed by atoms with Crippen LogP contribution in [-0.2, 0) is 6.42 Å². The Morgan fingerprint density at radius 1 is 0.741 bits per heavy atom. The van der Waals surface area contributed by atoms with E-state index in [4.69, 9.17) is 0 Å². The van der Waals surface area contributed by atoms with E-state index >= 15 is 0 Å². The molecule has 1 unspecified atom stereocenters. The average molecular weight is 384 g/mol. The predicted molar refractivity (Wildman–Crippen MR) is 97.9 cm³/mol. The normalized spacial score (nSPS) is 12.4. The van der Waals surface area contributed by atoms with Crippen molar-refractivity contribution in [2.75, 3.05) is 0 Å². The molecule has 0 bridgehead atoms. The summed E-state index contributed by atoms with van der Waals surface area (Å²) >= 11 is 0. The van der Waals surface area contributed by atoms with Crippen molar-refractivity contribution >= 4 is 0 Å². The fraction of sp³-hybridized carbons (Fsp3) is 0.455. The van der Waals surface area contributed by atoms with Crippen LogP contribution in [0.25, 0.3) is 11.1 Å². The molecule has 148 valence electrons. The molecule has 2 aromatic carbocycles. The summed E-state index contributed by atoms with van der Waals surface area (Å²) in [6.07, 6.45) is 7.34. The Hall–Kier alpha value is -1.91. The number of halogens is 5. The quantitative estimate of drug-likeness (QED) is 0.237. The third kappa shape index (κ3) is 5.78. The van der Waals surface area contributed by atoms with Crippen molar-refractivity contribution in [3.63, 3.8) is 0 Å². The lowest BCUT2D eigenvalue weighted by molar-refractivity contribution is 0.447. The van der Waals surface area contributed by atoms with Gasteiger partial charge in [-0.25, -0.2) is 22.0 Å². The molecule has 0 aliphatic heterocycles. The molecule has 0 nitrogen and oxygen atoms in total. The second-order valence-electron chi connectivity index (χ2n) is 7.20. The molecule has 0 saturated heterocycles. The van der Waals surface area contributed by atoms with Gasteiger partial charge in [-0.15, -0.1) is 0 Å². The topological polar surface area (TPSA) is 0 Å². The van der Waals surface area contributed by atoms with Crippen LogP contribution in [0.5, 0.6) is 0 Å². The van der Waals surface area contributed by atoms with Gasteiger partial charge in [0.25, 0.3) is 0 Å². The fourth-order valence-electron chi connectivity index (χ4n) is 3.32. The lowest BCUT2D eigenvalue weighted by atomic mass is 9.93. The fourth-order valence-corrected chi connectivity index (χ4v) is 3.32. The largest absolute Gasteiger partial charge is 0.206 e. The molecule has 0 aliphatic rings. The summed E-state index contributed by atoms with van der Waals surface area (Å²) in [6.45, 7) is 4.19. The number of unbranched alkanes of at least 4 members (excludes halogenated alkanes) is 4. The molecular formula is C22H25F5. The highest BCUT2D eigenvalue weighted by Gasteiger charge is 2.18. The first-order valence-electron chi connectivity index (χ1n) is 9.46. The third-order valence-electron chi connectivity index (χ3n) is 4.76. The molecule has 1 atom stereocenters. The van der Waals surface area contributed by atoms with E-state index in [1.807, 2.05) is 6.92 Å². The Morgan fingerprint density at radius 3 is 1.85 bits per heavy atom. The summed E-state index contributed by atoms with van der Waals surface area (Å²) in [5.74, 6) is -6.17. The van der Waals surface area contributed by atoms with Gasteiger partial charge in [-0.05, 0) is 47.7 Å². The molecule has 0 radical (unpaired) electrons. The Balaban J connectivity index is 2.10. The van der Waals surface area contributed by atoms with E-state index in [0.29, 0.717) is 24.1 Å². The van der Waals surface area contributed by atoms with Gasteiger partial charge in [-0.2, -0.15) is 0 Å². The first kappa shape index (κ1) is 21.4. The van der Waals surface area contributed by atoms with Crippen molar-refractivity contribution < 1.29 is 22.0 Å². The summed E-state index contributed by atoms with van der Waals surface area (Å²) in [7, 11) is 0. The molecule has 0 fully saturated rings. The summed E-state index contributed by atoms with van der Waals surface area (Å²) in [4.78, 5) is 0. The van der Waals surface area contributed by atoms with Gasteiger partial charge in [0.1, 0.15) is 11.6 Å². The molecule has 0 aromatic heterocycles. The zero-order valence-electron chi connectivity index (χ0n) is 15.7. The smallest absolute Gasteiger partial charge is 0.194 e. The summed E-state index contributed by atoms with van der Waals surface area (Å²) in [5.41, 5.74) is -0.418. The molecule has 2 rings (SSSR count). The molecular weight excluding hydrogens is 359 g/mol. The van der Waals surface area contributed by atoms with Crippen LogP contribution < -0.4 is 0 Å². The maximum absolute atomic E-state index is 14.4. The van der Waals surface area contributed by atoms with Crippen LogP contribution in [-0.4, -0.2) is 0 Å². The first-order valence-corrected chi connectivity index (χ1v) is 9.46. The van der Waals surface area contributed by atoms with E-state index in [0.717, 1.165) is 19.3 Å². The first-order chi connectivity index (χ1) is 12.8. The number of rotatable bonds is 9. The maximum atomic E-state index is 14.4. The minimum Gasteiger partial charge on any atom is -0.206 e. The highest BCUT2D eigenvalue weighted by molar-refractivity contribution is 5.65. The van der Waals surface area contributed by atoms with Gasteiger partial charge in [0.05, 0.1) is 5.56 Å². The van der Waals surface area contributed by atoms with E-state index in [1.165, 1.54) is 31.4 Å². The monoisotopic (exact) mass is 384 g/mol. The zero-order valence-corrected chi connectivity index (χ0v) is 15.7. The van der Waals surface area contributed by atoms with Crippen molar-refractivity contribution in [3.8, 4) is 11.1 Å². The number of benzene rings is 2. The van der Waals surface area contributed by atoms with Gasteiger partial charge in [0.15, 0.2) is 17.5 Å². The van der Waals surface area contributed by atoms with E-state index < -0.39 is 34.6 Å². The van der Waals surface area contributed by atoms with Crippen LogP contribution in [0.2, 0.25) is 0 Å². The Kier molecular flexibility index (Phi) is 7.81. The van der Waals surface area contributed by atoms with Crippen molar-refractivity contribution in [3.05, 3.63) is 58.9 Å².